The Bertz CT molecular complexity index is 772. The van der Waals surface area contributed by atoms with Crippen LogP contribution >= 0.6 is 11.8 Å². The van der Waals surface area contributed by atoms with Gasteiger partial charge in [0.1, 0.15) is 12.4 Å². The van der Waals surface area contributed by atoms with Gasteiger partial charge in [0.25, 0.3) is 0 Å². The van der Waals surface area contributed by atoms with E-state index in [0.29, 0.717) is 11.3 Å². The van der Waals surface area contributed by atoms with Gasteiger partial charge < -0.3 is 10.5 Å². The SMILES string of the molecule is CCC1(c2ccc(NC(=O)OCc3ccccc3)cc2F)CSCC1N. The maximum Gasteiger partial charge on any atom is 0.411 e. The number of benzene rings is 2. The van der Waals surface area contributed by atoms with E-state index in [4.69, 9.17) is 10.5 Å². The first-order chi connectivity index (χ1) is 12.5. The molecule has 0 aliphatic carbocycles. The number of halogens is 1. The van der Waals surface area contributed by atoms with Crippen molar-refractivity contribution in [1.29, 1.82) is 0 Å². The van der Waals surface area contributed by atoms with Gasteiger partial charge in [0.15, 0.2) is 0 Å². The largest absolute Gasteiger partial charge is 0.444 e. The van der Waals surface area contributed by atoms with Crippen molar-refractivity contribution in [3.05, 3.63) is 65.5 Å². The van der Waals surface area contributed by atoms with Gasteiger partial charge >= 0.3 is 6.09 Å². The zero-order chi connectivity index (χ0) is 18.6. The van der Waals surface area contributed by atoms with Crippen LogP contribution in [0.25, 0.3) is 0 Å². The lowest BCUT2D eigenvalue weighted by atomic mass is 9.74. The van der Waals surface area contributed by atoms with Crippen LogP contribution in [0.3, 0.4) is 0 Å². The fourth-order valence-corrected chi connectivity index (χ4v) is 4.97. The summed E-state index contributed by atoms with van der Waals surface area (Å²) < 4.78 is 19.9. The van der Waals surface area contributed by atoms with Gasteiger partial charge in [0.05, 0.1) is 0 Å². The number of carbonyl (C=O) groups is 1. The summed E-state index contributed by atoms with van der Waals surface area (Å²) in [5, 5.41) is 2.57. The molecule has 2 atom stereocenters. The predicted molar refractivity (Wildman–Crippen MR) is 104 cm³/mol. The summed E-state index contributed by atoms with van der Waals surface area (Å²) in [4.78, 5) is 11.9. The van der Waals surface area contributed by atoms with Crippen LogP contribution in [0.2, 0.25) is 0 Å². The lowest BCUT2D eigenvalue weighted by Crippen LogP contribution is -2.44. The van der Waals surface area contributed by atoms with E-state index in [2.05, 4.69) is 5.32 Å². The van der Waals surface area contributed by atoms with Gasteiger partial charge in [-0.25, -0.2) is 9.18 Å². The number of rotatable bonds is 5. The average Bonchev–Trinajstić information content (AvgIpc) is 3.02. The molecule has 1 fully saturated rings. The molecule has 3 rings (SSSR count). The zero-order valence-corrected chi connectivity index (χ0v) is 15.5. The summed E-state index contributed by atoms with van der Waals surface area (Å²) in [7, 11) is 0. The number of nitrogens with two attached hydrogens (primary N) is 1. The van der Waals surface area contributed by atoms with Crippen LogP contribution in [-0.2, 0) is 16.8 Å². The summed E-state index contributed by atoms with van der Waals surface area (Å²) in [6.07, 6.45) is 0.170. The van der Waals surface area contributed by atoms with E-state index < -0.39 is 6.09 Å². The number of hydrogen-bond acceptors (Lipinski definition) is 4. The summed E-state index contributed by atoms with van der Waals surface area (Å²) in [5.41, 5.74) is 7.80. The first-order valence-corrected chi connectivity index (χ1v) is 9.81. The summed E-state index contributed by atoms with van der Waals surface area (Å²) in [6.45, 7) is 2.20. The molecule has 2 unspecified atom stereocenters. The Morgan fingerprint density at radius 2 is 2.12 bits per heavy atom. The van der Waals surface area contributed by atoms with Crippen LogP contribution in [-0.4, -0.2) is 23.6 Å². The van der Waals surface area contributed by atoms with Gasteiger partial charge in [-0.1, -0.05) is 43.3 Å². The molecule has 1 heterocycles. The maximum atomic E-state index is 14.8. The fourth-order valence-electron chi connectivity index (χ4n) is 3.34. The van der Waals surface area contributed by atoms with E-state index in [1.54, 1.807) is 23.9 Å². The van der Waals surface area contributed by atoms with Crippen molar-refractivity contribution in [1.82, 2.24) is 0 Å². The Hall–Kier alpha value is -2.05. The average molecular weight is 374 g/mol. The molecule has 2 aromatic carbocycles. The van der Waals surface area contributed by atoms with E-state index in [1.165, 1.54) is 6.07 Å². The van der Waals surface area contributed by atoms with Crippen LogP contribution in [0.1, 0.15) is 24.5 Å². The van der Waals surface area contributed by atoms with E-state index in [1.807, 2.05) is 37.3 Å². The van der Waals surface area contributed by atoms with Crippen molar-refractivity contribution < 1.29 is 13.9 Å². The minimum atomic E-state index is -0.612. The normalized spacial score (nSPS) is 22.2. The quantitative estimate of drug-likeness (QED) is 0.819. The highest BCUT2D eigenvalue weighted by Crippen LogP contribution is 2.42. The molecule has 0 spiro atoms. The molecular weight excluding hydrogens is 351 g/mol. The molecule has 1 aliphatic heterocycles. The number of anilines is 1. The van der Waals surface area contributed by atoms with Crippen molar-refractivity contribution in [2.45, 2.75) is 31.4 Å². The Labute approximate surface area is 157 Å². The van der Waals surface area contributed by atoms with Crippen molar-refractivity contribution >= 4 is 23.5 Å². The number of nitrogens with one attached hydrogen (secondary N) is 1. The van der Waals surface area contributed by atoms with Crippen LogP contribution < -0.4 is 11.1 Å². The molecule has 0 bridgehead atoms. The Morgan fingerprint density at radius 3 is 2.73 bits per heavy atom. The third kappa shape index (κ3) is 3.86. The second-order valence-electron chi connectivity index (χ2n) is 6.51. The summed E-state index contributed by atoms with van der Waals surface area (Å²) >= 11 is 1.76. The zero-order valence-electron chi connectivity index (χ0n) is 14.7. The first kappa shape index (κ1) is 18.7. The molecule has 26 heavy (non-hydrogen) atoms. The molecule has 2 aromatic rings. The monoisotopic (exact) mass is 374 g/mol. The second-order valence-corrected chi connectivity index (χ2v) is 7.54. The van der Waals surface area contributed by atoms with E-state index >= 15 is 0 Å². The maximum absolute atomic E-state index is 14.8. The van der Waals surface area contributed by atoms with Gasteiger partial charge in [-0.15, -0.1) is 0 Å². The number of amides is 1. The van der Waals surface area contributed by atoms with Gasteiger partial charge in [-0.3, -0.25) is 5.32 Å². The Balaban J connectivity index is 1.67. The molecule has 1 amide bonds. The van der Waals surface area contributed by atoms with Crippen LogP contribution in [0.15, 0.2) is 48.5 Å². The topological polar surface area (TPSA) is 64.3 Å². The minimum Gasteiger partial charge on any atom is -0.444 e. The molecule has 0 aromatic heterocycles. The van der Waals surface area contributed by atoms with Crippen molar-refractivity contribution in [3.63, 3.8) is 0 Å². The number of hydrogen-bond donors (Lipinski definition) is 2. The molecule has 138 valence electrons. The lowest BCUT2D eigenvalue weighted by Gasteiger charge is -2.32. The molecular formula is C20H23FN2O2S. The van der Waals surface area contributed by atoms with Gasteiger partial charge in [-0.2, -0.15) is 11.8 Å². The summed E-state index contributed by atoms with van der Waals surface area (Å²) in [6, 6.07) is 14.1. The van der Waals surface area contributed by atoms with E-state index in [0.717, 1.165) is 23.5 Å². The number of carbonyl (C=O) groups excluding carboxylic acids is 1. The molecule has 0 radical (unpaired) electrons. The number of thioether (sulfide) groups is 1. The minimum absolute atomic E-state index is 0.0679. The summed E-state index contributed by atoms with van der Waals surface area (Å²) in [5.74, 6) is 1.30. The molecule has 0 saturated carbocycles. The van der Waals surface area contributed by atoms with Crippen molar-refractivity contribution in [2.75, 3.05) is 16.8 Å². The smallest absolute Gasteiger partial charge is 0.411 e. The third-order valence-corrected chi connectivity index (χ3v) is 6.28. The molecule has 1 aliphatic rings. The van der Waals surface area contributed by atoms with Crippen LogP contribution in [0, 0.1) is 5.82 Å². The molecule has 3 N–H and O–H groups in total. The lowest BCUT2D eigenvalue weighted by molar-refractivity contribution is 0.155. The van der Waals surface area contributed by atoms with E-state index in [-0.39, 0.29) is 23.9 Å². The van der Waals surface area contributed by atoms with Crippen molar-refractivity contribution in [2.24, 2.45) is 5.73 Å². The molecule has 6 heteroatoms. The fraction of sp³-hybridized carbons (Fsp3) is 0.350. The third-order valence-electron chi connectivity index (χ3n) is 4.96. The van der Waals surface area contributed by atoms with Gasteiger partial charge in [0.2, 0.25) is 0 Å². The highest BCUT2D eigenvalue weighted by Gasteiger charge is 2.43. The predicted octanol–water partition coefficient (Wildman–Crippen LogP) is 4.30. The van der Waals surface area contributed by atoms with Crippen LogP contribution in [0.5, 0.6) is 0 Å². The van der Waals surface area contributed by atoms with Crippen LogP contribution in [0.4, 0.5) is 14.9 Å². The first-order valence-electron chi connectivity index (χ1n) is 8.66. The molecule has 1 saturated heterocycles. The second kappa shape index (κ2) is 8.10. The molecule has 4 nitrogen and oxygen atoms in total. The van der Waals surface area contributed by atoms with Gasteiger partial charge in [0, 0.05) is 28.6 Å². The van der Waals surface area contributed by atoms with E-state index in [9.17, 15) is 9.18 Å². The Morgan fingerprint density at radius 1 is 1.35 bits per heavy atom. The highest BCUT2D eigenvalue weighted by molar-refractivity contribution is 7.99. The number of ether oxygens (including phenoxy) is 1. The standard InChI is InChI=1S/C20H23FN2O2S/c1-2-20(13-26-12-18(20)22)16-9-8-15(10-17(16)21)23-19(24)25-11-14-6-4-3-5-7-14/h3-10,18H,2,11-13,22H2,1H3,(H,23,24). The van der Waals surface area contributed by atoms with Gasteiger partial charge in [-0.05, 0) is 29.7 Å². The van der Waals surface area contributed by atoms with Crippen molar-refractivity contribution in [3.8, 4) is 0 Å². The highest BCUT2D eigenvalue weighted by atomic mass is 32.2. The Kier molecular flexibility index (Phi) is 5.84.